The third-order valence-corrected chi connectivity index (χ3v) is 5.06. The molecule has 1 aliphatic rings. The van der Waals surface area contributed by atoms with Crippen LogP contribution in [0.1, 0.15) is 43.6 Å². The second-order valence-corrected chi connectivity index (χ2v) is 7.44. The molecule has 1 heterocycles. The monoisotopic (exact) mass is 377 g/mol. The summed E-state index contributed by atoms with van der Waals surface area (Å²) in [5, 5.41) is 12.4. The number of hydrogen-bond acceptors (Lipinski definition) is 6. The first-order valence-corrected chi connectivity index (χ1v) is 8.76. The number of ether oxygens (including phenoxy) is 2. The topological polar surface area (TPSA) is 86.3 Å². The maximum atomic E-state index is 11.3. The molecule has 0 atom stereocenters. The average Bonchev–Trinajstić information content (AvgIpc) is 2.81. The predicted octanol–water partition coefficient (Wildman–Crippen LogP) is 2.64. The number of nitrogens with one attached hydrogen (secondary N) is 1. The fourth-order valence-electron chi connectivity index (χ4n) is 2.79. The number of aromatic carboxylic acids is 1. The van der Waals surface area contributed by atoms with Crippen molar-refractivity contribution in [1.29, 1.82) is 0 Å². The molecule has 1 fully saturated rings. The Morgan fingerprint density at radius 1 is 1.15 bits per heavy atom. The molecule has 7 nitrogen and oxygen atoms in total. The van der Waals surface area contributed by atoms with E-state index in [-0.39, 0.29) is 5.56 Å². The van der Waals surface area contributed by atoms with Crippen molar-refractivity contribution in [2.75, 3.05) is 27.8 Å². The molecule has 27 heavy (non-hydrogen) atoms. The standard InChI is InChI=1S/C19H28BNO6/c1-18(2)19(3,4)27-20(26-18)13(11-21-5)10-14-15(24-6)8-12(17(22)23)9-16(14)25-7/h8-10,21H,11H2,1-7H3,(H,22,23). The van der Waals surface area contributed by atoms with E-state index in [0.29, 0.717) is 23.6 Å². The van der Waals surface area contributed by atoms with E-state index in [2.05, 4.69) is 5.32 Å². The van der Waals surface area contributed by atoms with E-state index in [1.807, 2.05) is 40.8 Å². The molecule has 1 aromatic carbocycles. The van der Waals surface area contributed by atoms with Gasteiger partial charge in [0.05, 0.1) is 36.5 Å². The molecule has 0 bridgehead atoms. The minimum atomic E-state index is -1.05. The first-order chi connectivity index (χ1) is 12.6. The molecule has 0 radical (unpaired) electrons. The summed E-state index contributed by atoms with van der Waals surface area (Å²) < 4.78 is 23.1. The van der Waals surface area contributed by atoms with E-state index in [4.69, 9.17) is 18.8 Å². The Balaban J connectivity index is 2.54. The number of likely N-dealkylation sites (N-methyl/N-ethyl adjacent to an activating group) is 1. The van der Waals surface area contributed by atoms with E-state index in [1.165, 1.54) is 26.4 Å². The molecule has 0 aromatic heterocycles. The number of carbonyl (C=O) groups is 1. The molecule has 1 saturated heterocycles. The van der Waals surface area contributed by atoms with E-state index in [1.54, 1.807) is 0 Å². The molecule has 0 spiro atoms. The minimum absolute atomic E-state index is 0.0895. The molecular weight excluding hydrogens is 349 g/mol. The molecule has 0 amide bonds. The van der Waals surface area contributed by atoms with Crippen LogP contribution >= 0.6 is 0 Å². The van der Waals surface area contributed by atoms with E-state index >= 15 is 0 Å². The predicted molar refractivity (Wildman–Crippen MR) is 104 cm³/mol. The molecule has 148 valence electrons. The van der Waals surface area contributed by atoms with Crippen molar-refractivity contribution in [1.82, 2.24) is 5.32 Å². The van der Waals surface area contributed by atoms with Crippen molar-refractivity contribution in [2.45, 2.75) is 38.9 Å². The van der Waals surface area contributed by atoms with Gasteiger partial charge in [-0.25, -0.2) is 4.79 Å². The lowest BCUT2D eigenvalue weighted by atomic mass is 9.76. The number of rotatable bonds is 7. The number of carboxylic acids is 1. The molecule has 0 aliphatic carbocycles. The van der Waals surface area contributed by atoms with Gasteiger partial charge in [0.25, 0.3) is 0 Å². The minimum Gasteiger partial charge on any atom is -0.496 e. The van der Waals surface area contributed by atoms with Crippen molar-refractivity contribution >= 4 is 19.2 Å². The summed E-state index contributed by atoms with van der Waals surface area (Å²) >= 11 is 0. The van der Waals surface area contributed by atoms with E-state index in [0.717, 1.165) is 5.47 Å². The zero-order chi connectivity index (χ0) is 20.4. The van der Waals surface area contributed by atoms with Gasteiger partial charge in [-0.05, 0) is 52.3 Å². The van der Waals surface area contributed by atoms with Gasteiger partial charge >= 0.3 is 13.1 Å². The van der Waals surface area contributed by atoms with Crippen molar-refractivity contribution in [2.24, 2.45) is 0 Å². The van der Waals surface area contributed by atoms with Gasteiger partial charge < -0.3 is 29.2 Å². The summed E-state index contributed by atoms with van der Waals surface area (Å²) in [4.78, 5) is 11.3. The lowest BCUT2D eigenvalue weighted by Gasteiger charge is -2.32. The average molecular weight is 377 g/mol. The summed E-state index contributed by atoms with van der Waals surface area (Å²) in [6.07, 6.45) is 1.86. The van der Waals surface area contributed by atoms with Gasteiger partial charge in [0.15, 0.2) is 0 Å². The first kappa shape index (κ1) is 21.3. The van der Waals surface area contributed by atoms with E-state index in [9.17, 15) is 9.90 Å². The zero-order valence-corrected chi connectivity index (χ0v) is 17.0. The quantitative estimate of drug-likeness (QED) is 0.707. The van der Waals surface area contributed by atoms with Gasteiger partial charge in [0.1, 0.15) is 11.5 Å². The Kier molecular flexibility index (Phi) is 6.24. The van der Waals surface area contributed by atoms with Crippen molar-refractivity contribution in [3.8, 4) is 11.5 Å². The van der Waals surface area contributed by atoms with Crippen LogP contribution in [0.2, 0.25) is 0 Å². The van der Waals surface area contributed by atoms with Crippen LogP contribution < -0.4 is 14.8 Å². The van der Waals surface area contributed by atoms with Crippen molar-refractivity contribution in [3.63, 3.8) is 0 Å². The summed E-state index contributed by atoms with van der Waals surface area (Å²) in [6.45, 7) is 8.49. The SMILES string of the molecule is CNCC(=Cc1c(OC)cc(C(=O)O)cc1OC)B1OC(C)(C)C(C)(C)O1. The normalized spacial score (nSPS) is 18.5. The third-order valence-electron chi connectivity index (χ3n) is 5.06. The van der Waals surface area contributed by atoms with Crippen LogP contribution in [0.4, 0.5) is 0 Å². The Morgan fingerprint density at radius 2 is 1.63 bits per heavy atom. The summed E-state index contributed by atoms with van der Waals surface area (Å²) in [5.74, 6) is -0.253. The Labute approximate surface area is 160 Å². The molecule has 2 rings (SSSR count). The highest BCUT2D eigenvalue weighted by Crippen LogP contribution is 2.40. The van der Waals surface area contributed by atoms with Crippen LogP contribution in [0, 0.1) is 0 Å². The second-order valence-electron chi connectivity index (χ2n) is 7.44. The Morgan fingerprint density at radius 3 is 2.00 bits per heavy atom. The molecular formula is C19H28BNO6. The van der Waals surface area contributed by atoms with Gasteiger partial charge in [0.2, 0.25) is 0 Å². The molecule has 0 saturated carbocycles. The van der Waals surface area contributed by atoms with Crippen LogP contribution in [-0.4, -0.2) is 57.2 Å². The number of carboxylic acid groups (broad SMARTS) is 1. The largest absolute Gasteiger partial charge is 0.496 e. The highest BCUT2D eigenvalue weighted by molar-refractivity contribution is 6.56. The fraction of sp³-hybridized carbons (Fsp3) is 0.526. The summed E-state index contributed by atoms with van der Waals surface area (Å²) in [5.41, 5.74) is 0.630. The van der Waals surface area contributed by atoms with Crippen LogP contribution in [0.15, 0.2) is 17.6 Å². The fourth-order valence-corrected chi connectivity index (χ4v) is 2.79. The highest BCUT2D eigenvalue weighted by Gasteiger charge is 2.52. The van der Waals surface area contributed by atoms with Crippen LogP contribution in [0.25, 0.3) is 6.08 Å². The maximum Gasteiger partial charge on any atom is 0.491 e. The Hall–Kier alpha value is -2.03. The van der Waals surface area contributed by atoms with Gasteiger partial charge in [-0.3, -0.25) is 0 Å². The summed E-state index contributed by atoms with van der Waals surface area (Å²) in [7, 11) is 4.27. The highest BCUT2D eigenvalue weighted by atomic mass is 16.7. The molecule has 2 N–H and O–H groups in total. The number of hydrogen-bond donors (Lipinski definition) is 2. The number of benzene rings is 1. The van der Waals surface area contributed by atoms with Crippen LogP contribution in [-0.2, 0) is 9.31 Å². The molecule has 1 aliphatic heterocycles. The second kappa shape index (κ2) is 7.92. The van der Waals surface area contributed by atoms with Gasteiger partial charge in [0, 0.05) is 6.54 Å². The maximum absolute atomic E-state index is 11.3. The molecule has 1 aromatic rings. The lowest BCUT2D eigenvalue weighted by Crippen LogP contribution is -2.41. The first-order valence-electron chi connectivity index (χ1n) is 8.76. The zero-order valence-electron chi connectivity index (χ0n) is 17.0. The van der Waals surface area contributed by atoms with Crippen LogP contribution in [0.3, 0.4) is 0 Å². The van der Waals surface area contributed by atoms with Crippen molar-refractivity contribution < 1.29 is 28.7 Å². The Bertz CT molecular complexity index is 703. The lowest BCUT2D eigenvalue weighted by molar-refractivity contribution is 0.00578. The molecule has 0 unspecified atom stereocenters. The van der Waals surface area contributed by atoms with E-state index < -0.39 is 24.3 Å². The van der Waals surface area contributed by atoms with Crippen LogP contribution in [0.5, 0.6) is 11.5 Å². The van der Waals surface area contributed by atoms with Crippen molar-refractivity contribution in [3.05, 3.63) is 28.7 Å². The molecule has 8 heteroatoms. The smallest absolute Gasteiger partial charge is 0.491 e. The van der Waals surface area contributed by atoms with Gasteiger partial charge in [-0.1, -0.05) is 6.08 Å². The number of methoxy groups -OCH3 is 2. The van der Waals surface area contributed by atoms with Gasteiger partial charge in [-0.2, -0.15) is 0 Å². The summed E-state index contributed by atoms with van der Waals surface area (Å²) in [6, 6.07) is 2.94. The van der Waals surface area contributed by atoms with Gasteiger partial charge in [-0.15, -0.1) is 0 Å². The third kappa shape index (κ3) is 4.29.